The Morgan fingerprint density at radius 3 is 1.32 bits per heavy atom. The van der Waals surface area contributed by atoms with Crippen molar-refractivity contribution in [2.75, 3.05) is 4.90 Å². The number of para-hydroxylation sites is 2. The number of aromatic nitrogens is 1. The van der Waals surface area contributed by atoms with Crippen LogP contribution in [0.1, 0.15) is 0 Å². The summed E-state index contributed by atoms with van der Waals surface area (Å²) in [6, 6.07) is 96.8. The minimum atomic E-state index is 1.08. The molecule has 0 aliphatic rings. The molecule has 0 amide bonds. The average molecular weight is 841 g/mol. The lowest BCUT2D eigenvalue weighted by molar-refractivity contribution is 1.18. The number of benzene rings is 11. The summed E-state index contributed by atoms with van der Waals surface area (Å²) in [4.78, 5) is 2.39. The van der Waals surface area contributed by atoms with Crippen LogP contribution < -0.4 is 4.90 Å². The van der Waals surface area contributed by atoms with E-state index in [0.29, 0.717) is 0 Å². The molecule has 2 heteroatoms. The first-order valence-corrected chi connectivity index (χ1v) is 22.7. The predicted octanol–water partition coefficient (Wildman–Crippen LogP) is 17.7. The first kappa shape index (κ1) is 38.9. The Hall–Kier alpha value is -8.72. The van der Waals surface area contributed by atoms with Gasteiger partial charge in [0.2, 0.25) is 0 Å². The fourth-order valence-corrected chi connectivity index (χ4v) is 9.75. The maximum absolute atomic E-state index is 2.45. The van der Waals surface area contributed by atoms with Crippen molar-refractivity contribution in [1.29, 1.82) is 0 Å². The molecule has 0 saturated heterocycles. The summed E-state index contributed by atoms with van der Waals surface area (Å²) in [6.07, 6.45) is 0. The standard InChI is InChI=1S/C64H44N2/c1-4-16-45(17-5-1)46-28-30-47(31-29-46)48-32-36-54(37-33-48)65(56-40-41-57(49-18-6-2-7-19-49)60(44-56)50-20-8-3-9-21-50)55-38-34-51(35-39-55)58-24-12-14-26-62(58)66-63-27-15-13-25-59(63)61-42-52-22-10-11-23-53(52)43-64(61)66/h1-44H. The van der Waals surface area contributed by atoms with E-state index >= 15 is 0 Å². The second-order valence-corrected chi connectivity index (χ2v) is 16.9. The van der Waals surface area contributed by atoms with Crippen molar-refractivity contribution in [1.82, 2.24) is 4.57 Å². The van der Waals surface area contributed by atoms with Crippen LogP contribution in [0.15, 0.2) is 267 Å². The van der Waals surface area contributed by atoms with E-state index < -0.39 is 0 Å². The molecular formula is C64H44N2. The van der Waals surface area contributed by atoms with Crippen LogP contribution in [0.2, 0.25) is 0 Å². The third-order valence-electron chi connectivity index (χ3n) is 13.0. The molecule has 0 atom stereocenters. The first-order valence-electron chi connectivity index (χ1n) is 22.7. The molecule has 1 aromatic heterocycles. The number of hydrogen-bond acceptors (Lipinski definition) is 1. The summed E-state index contributed by atoms with van der Waals surface area (Å²) >= 11 is 0. The van der Waals surface area contributed by atoms with Crippen molar-refractivity contribution < 1.29 is 0 Å². The van der Waals surface area contributed by atoms with E-state index in [0.717, 1.165) is 28.3 Å². The summed E-state index contributed by atoms with van der Waals surface area (Å²) in [7, 11) is 0. The highest BCUT2D eigenvalue weighted by Crippen LogP contribution is 2.43. The van der Waals surface area contributed by atoms with Gasteiger partial charge in [-0.15, -0.1) is 0 Å². The maximum Gasteiger partial charge on any atom is 0.0547 e. The summed E-state index contributed by atoms with van der Waals surface area (Å²) < 4.78 is 2.45. The molecule has 1 heterocycles. The van der Waals surface area contributed by atoms with Crippen molar-refractivity contribution in [3.05, 3.63) is 267 Å². The van der Waals surface area contributed by atoms with E-state index in [1.165, 1.54) is 82.6 Å². The molecular weight excluding hydrogens is 797 g/mol. The third-order valence-corrected chi connectivity index (χ3v) is 13.0. The Morgan fingerprint density at radius 2 is 0.682 bits per heavy atom. The van der Waals surface area contributed by atoms with E-state index in [-0.39, 0.29) is 0 Å². The quantitative estimate of drug-likeness (QED) is 0.141. The summed E-state index contributed by atoms with van der Waals surface area (Å²) in [5, 5.41) is 4.99. The summed E-state index contributed by atoms with van der Waals surface area (Å²) in [5.74, 6) is 0. The highest BCUT2D eigenvalue weighted by atomic mass is 15.1. The largest absolute Gasteiger partial charge is 0.310 e. The predicted molar refractivity (Wildman–Crippen MR) is 280 cm³/mol. The van der Waals surface area contributed by atoms with Gasteiger partial charge in [0, 0.05) is 33.4 Å². The van der Waals surface area contributed by atoms with E-state index in [9.17, 15) is 0 Å². The molecule has 11 aromatic carbocycles. The Bertz CT molecular complexity index is 3650. The van der Waals surface area contributed by atoms with Gasteiger partial charge in [-0.1, -0.05) is 206 Å². The van der Waals surface area contributed by atoms with Gasteiger partial charge < -0.3 is 9.47 Å². The third kappa shape index (κ3) is 7.12. The molecule has 0 spiro atoms. The Balaban J connectivity index is 0.973. The van der Waals surface area contributed by atoms with Gasteiger partial charge >= 0.3 is 0 Å². The summed E-state index contributed by atoms with van der Waals surface area (Å²) in [6.45, 7) is 0. The van der Waals surface area contributed by atoms with Gasteiger partial charge in [0.05, 0.1) is 16.7 Å². The zero-order valence-corrected chi connectivity index (χ0v) is 36.3. The van der Waals surface area contributed by atoms with Crippen LogP contribution in [0.5, 0.6) is 0 Å². The molecule has 12 rings (SSSR count). The molecule has 0 radical (unpaired) electrons. The normalized spacial score (nSPS) is 11.3. The molecule has 0 unspecified atom stereocenters. The molecule has 0 fully saturated rings. The number of hydrogen-bond donors (Lipinski definition) is 0. The van der Waals surface area contributed by atoms with Crippen LogP contribution in [0, 0.1) is 0 Å². The molecule has 12 aromatic rings. The Kier molecular flexibility index (Phi) is 9.89. The van der Waals surface area contributed by atoms with E-state index in [1.807, 2.05) is 0 Å². The van der Waals surface area contributed by atoms with Crippen molar-refractivity contribution in [3.8, 4) is 61.3 Å². The zero-order chi connectivity index (χ0) is 43.8. The van der Waals surface area contributed by atoms with Gasteiger partial charge in [0.15, 0.2) is 0 Å². The second-order valence-electron chi connectivity index (χ2n) is 16.9. The Morgan fingerprint density at radius 1 is 0.242 bits per heavy atom. The van der Waals surface area contributed by atoms with Crippen molar-refractivity contribution in [3.63, 3.8) is 0 Å². The number of rotatable bonds is 9. The number of fused-ring (bicyclic) bond motifs is 4. The van der Waals surface area contributed by atoms with Crippen LogP contribution in [0.25, 0.3) is 93.9 Å². The van der Waals surface area contributed by atoms with Gasteiger partial charge in [-0.05, 0) is 122 Å². The fourth-order valence-electron chi connectivity index (χ4n) is 9.75. The second kappa shape index (κ2) is 16.8. The lowest BCUT2D eigenvalue weighted by Gasteiger charge is -2.27. The van der Waals surface area contributed by atoms with Gasteiger partial charge in [0.25, 0.3) is 0 Å². The number of anilines is 3. The lowest BCUT2D eigenvalue weighted by atomic mass is 9.93. The van der Waals surface area contributed by atoms with Crippen molar-refractivity contribution in [2.24, 2.45) is 0 Å². The SMILES string of the molecule is c1ccc(-c2ccc(-c3ccc(N(c4ccc(-c5ccccc5-n5c6ccccc6c6cc7ccccc7cc65)cc4)c4ccc(-c5ccccc5)c(-c5ccccc5)c4)cc3)cc2)cc1. The molecule has 0 N–H and O–H groups in total. The zero-order valence-electron chi connectivity index (χ0n) is 36.3. The highest BCUT2D eigenvalue weighted by molar-refractivity contribution is 6.14. The molecule has 0 bridgehead atoms. The molecule has 0 saturated carbocycles. The maximum atomic E-state index is 2.45. The Labute approximate surface area is 385 Å². The molecule has 2 nitrogen and oxygen atoms in total. The van der Waals surface area contributed by atoms with Crippen LogP contribution in [0.4, 0.5) is 17.1 Å². The van der Waals surface area contributed by atoms with Crippen LogP contribution in [0.3, 0.4) is 0 Å². The van der Waals surface area contributed by atoms with E-state index in [2.05, 4.69) is 276 Å². The minimum absolute atomic E-state index is 1.08. The topological polar surface area (TPSA) is 8.17 Å². The highest BCUT2D eigenvalue weighted by Gasteiger charge is 2.19. The van der Waals surface area contributed by atoms with E-state index in [1.54, 1.807) is 0 Å². The van der Waals surface area contributed by atoms with Crippen LogP contribution in [-0.4, -0.2) is 4.57 Å². The lowest BCUT2D eigenvalue weighted by Crippen LogP contribution is -2.10. The van der Waals surface area contributed by atoms with Gasteiger partial charge in [-0.2, -0.15) is 0 Å². The monoisotopic (exact) mass is 840 g/mol. The molecule has 0 aliphatic carbocycles. The molecule has 310 valence electrons. The van der Waals surface area contributed by atoms with Crippen molar-refractivity contribution >= 4 is 49.6 Å². The smallest absolute Gasteiger partial charge is 0.0547 e. The number of nitrogens with zero attached hydrogens (tertiary/aromatic N) is 2. The van der Waals surface area contributed by atoms with Crippen molar-refractivity contribution in [2.45, 2.75) is 0 Å². The van der Waals surface area contributed by atoms with E-state index in [4.69, 9.17) is 0 Å². The first-order chi connectivity index (χ1) is 32.7. The van der Waals surface area contributed by atoms with Gasteiger partial charge in [0.1, 0.15) is 0 Å². The van der Waals surface area contributed by atoms with Crippen LogP contribution in [-0.2, 0) is 0 Å². The molecule has 0 aliphatic heterocycles. The van der Waals surface area contributed by atoms with Gasteiger partial charge in [-0.25, -0.2) is 0 Å². The van der Waals surface area contributed by atoms with Gasteiger partial charge in [-0.3, -0.25) is 0 Å². The average Bonchev–Trinajstić information content (AvgIpc) is 3.72. The fraction of sp³-hybridized carbons (Fsp3) is 0. The summed E-state index contributed by atoms with van der Waals surface area (Å²) in [5.41, 5.74) is 18.7. The molecule has 66 heavy (non-hydrogen) atoms. The minimum Gasteiger partial charge on any atom is -0.310 e. The van der Waals surface area contributed by atoms with Crippen LogP contribution >= 0.6 is 0 Å².